The van der Waals surface area contributed by atoms with E-state index in [2.05, 4.69) is 6.08 Å². The van der Waals surface area contributed by atoms with Crippen LogP contribution in [0.3, 0.4) is 0 Å². The topological polar surface area (TPSA) is 38.8 Å². The molecule has 1 aromatic rings. The van der Waals surface area contributed by atoms with Gasteiger partial charge >= 0.3 is 0 Å². The van der Waals surface area contributed by atoms with Crippen molar-refractivity contribution in [2.45, 2.75) is 26.8 Å². The molecule has 4 nitrogen and oxygen atoms in total. The molecule has 1 rings (SSSR count). The molecule has 5 heteroatoms. The molecule has 22 heavy (non-hydrogen) atoms. The lowest BCUT2D eigenvalue weighted by atomic mass is 10.1. The minimum atomic E-state index is -0.0892. The van der Waals surface area contributed by atoms with Crippen LogP contribution in [0.5, 0.6) is 11.5 Å². The van der Waals surface area contributed by atoms with Crippen molar-refractivity contribution < 1.29 is 14.3 Å². The Kier molecular flexibility index (Phi) is 7.82. The fourth-order valence-electron chi connectivity index (χ4n) is 2.17. The number of para-hydroxylation sites is 1. The van der Waals surface area contributed by atoms with E-state index in [-0.39, 0.29) is 11.8 Å². The van der Waals surface area contributed by atoms with Crippen molar-refractivity contribution in [3.05, 3.63) is 35.4 Å². The molecule has 0 N–H and O–H groups in total. The van der Waals surface area contributed by atoms with Crippen molar-refractivity contribution in [3.8, 4) is 11.5 Å². The third-order valence-electron chi connectivity index (χ3n) is 3.26. The van der Waals surface area contributed by atoms with Crippen LogP contribution in [0, 0.1) is 0 Å². The van der Waals surface area contributed by atoms with Crippen molar-refractivity contribution >= 4 is 17.5 Å². The lowest BCUT2D eigenvalue weighted by Gasteiger charge is -2.23. The van der Waals surface area contributed by atoms with Crippen LogP contribution in [0.4, 0.5) is 0 Å². The number of hydrogen-bond acceptors (Lipinski definition) is 3. The molecule has 0 radical (unpaired) electrons. The molecule has 0 heterocycles. The number of benzene rings is 1. The Labute approximate surface area is 137 Å². The highest BCUT2D eigenvalue weighted by Gasteiger charge is 2.16. The van der Waals surface area contributed by atoms with Gasteiger partial charge in [-0.3, -0.25) is 4.79 Å². The zero-order chi connectivity index (χ0) is 16.5. The van der Waals surface area contributed by atoms with Gasteiger partial charge in [0.2, 0.25) is 5.91 Å². The second kappa shape index (κ2) is 9.36. The number of ether oxygens (including phenoxy) is 2. The summed E-state index contributed by atoms with van der Waals surface area (Å²) < 4.78 is 10.7. The first-order valence-electron chi connectivity index (χ1n) is 7.20. The predicted molar refractivity (Wildman–Crippen MR) is 89.7 cm³/mol. The summed E-state index contributed by atoms with van der Waals surface area (Å²) in [6, 6.07) is 5.64. The summed E-state index contributed by atoms with van der Waals surface area (Å²) in [4.78, 5) is 13.8. The lowest BCUT2D eigenvalue weighted by molar-refractivity contribution is -0.129. The zero-order valence-corrected chi connectivity index (χ0v) is 14.4. The fourth-order valence-corrected chi connectivity index (χ4v) is 2.34. The molecule has 0 fully saturated rings. The molecule has 122 valence electrons. The first-order chi connectivity index (χ1) is 10.5. The van der Waals surface area contributed by atoms with E-state index in [1.54, 1.807) is 19.1 Å². The van der Waals surface area contributed by atoms with E-state index in [9.17, 15) is 4.79 Å². The summed E-state index contributed by atoms with van der Waals surface area (Å²) in [6.45, 7) is 5.15. The molecule has 1 amide bonds. The first-order valence-corrected chi connectivity index (χ1v) is 7.73. The van der Waals surface area contributed by atoms with Gasteiger partial charge in [-0.2, -0.15) is 0 Å². The van der Waals surface area contributed by atoms with E-state index in [0.29, 0.717) is 24.6 Å². The van der Waals surface area contributed by atoms with Crippen molar-refractivity contribution in [1.29, 1.82) is 0 Å². The molecular formula is C17H24ClNO3. The fraction of sp³-hybridized carbons (Fsp3) is 0.471. The molecule has 0 bridgehead atoms. The largest absolute Gasteiger partial charge is 0.493 e. The van der Waals surface area contributed by atoms with Gasteiger partial charge in [0.05, 0.1) is 14.2 Å². The van der Waals surface area contributed by atoms with Crippen molar-refractivity contribution in [3.63, 3.8) is 0 Å². The van der Waals surface area contributed by atoms with Crippen LogP contribution in [-0.2, 0) is 11.3 Å². The van der Waals surface area contributed by atoms with Gasteiger partial charge in [0.15, 0.2) is 11.5 Å². The maximum absolute atomic E-state index is 12.0. The minimum Gasteiger partial charge on any atom is -0.493 e. The van der Waals surface area contributed by atoms with E-state index in [1.165, 1.54) is 5.57 Å². The first kappa shape index (κ1) is 18.4. The Balaban J connectivity index is 2.94. The number of rotatable bonds is 8. The quantitative estimate of drug-likeness (QED) is 0.541. The second-order valence-corrected chi connectivity index (χ2v) is 5.44. The Hall–Kier alpha value is -1.68. The van der Waals surface area contributed by atoms with Gasteiger partial charge in [-0.1, -0.05) is 23.8 Å². The van der Waals surface area contributed by atoms with Crippen LogP contribution >= 0.6 is 11.6 Å². The van der Waals surface area contributed by atoms with Crippen LogP contribution in [0.15, 0.2) is 29.8 Å². The number of carbonyl (C=O) groups is 1. The third kappa shape index (κ3) is 5.26. The number of alkyl halides is 1. The molecule has 0 saturated carbocycles. The van der Waals surface area contributed by atoms with Gasteiger partial charge in [-0.05, 0) is 26.3 Å². The van der Waals surface area contributed by atoms with Gasteiger partial charge in [0.25, 0.3) is 0 Å². The van der Waals surface area contributed by atoms with Crippen LogP contribution in [0.2, 0.25) is 0 Å². The molecule has 0 atom stereocenters. The minimum absolute atomic E-state index is 0.0267. The molecule has 0 aliphatic carbocycles. The summed E-state index contributed by atoms with van der Waals surface area (Å²) >= 11 is 5.72. The number of nitrogens with zero attached hydrogens (tertiary/aromatic N) is 1. The predicted octanol–water partition coefficient (Wildman–Crippen LogP) is 3.63. The number of amides is 1. The van der Waals surface area contributed by atoms with E-state index in [4.69, 9.17) is 21.1 Å². The van der Waals surface area contributed by atoms with Crippen molar-refractivity contribution in [2.24, 2.45) is 0 Å². The highest BCUT2D eigenvalue weighted by atomic mass is 35.5. The monoisotopic (exact) mass is 325 g/mol. The second-order valence-electron chi connectivity index (χ2n) is 5.17. The van der Waals surface area contributed by atoms with Gasteiger partial charge in [0, 0.05) is 18.7 Å². The molecule has 0 aliphatic heterocycles. The smallest absolute Gasteiger partial charge is 0.237 e. The van der Waals surface area contributed by atoms with E-state index in [0.717, 1.165) is 12.0 Å². The molecule has 0 saturated heterocycles. The van der Waals surface area contributed by atoms with E-state index < -0.39 is 0 Å². The van der Waals surface area contributed by atoms with E-state index in [1.807, 2.05) is 32.0 Å². The molecule has 0 unspecified atom stereocenters. The van der Waals surface area contributed by atoms with Crippen LogP contribution in [-0.4, -0.2) is 37.5 Å². The number of halogens is 1. The van der Waals surface area contributed by atoms with Gasteiger partial charge < -0.3 is 14.4 Å². The van der Waals surface area contributed by atoms with Gasteiger partial charge in [-0.15, -0.1) is 11.6 Å². The normalized spacial score (nSPS) is 10.0. The summed E-state index contributed by atoms with van der Waals surface area (Å²) in [7, 11) is 3.19. The van der Waals surface area contributed by atoms with Crippen molar-refractivity contribution in [2.75, 3.05) is 26.6 Å². The number of hydrogen-bond donors (Lipinski definition) is 0. The summed E-state index contributed by atoms with van der Waals surface area (Å²) in [6.07, 6.45) is 2.91. The Bertz CT molecular complexity index is 525. The Morgan fingerprint density at radius 3 is 2.55 bits per heavy atom. The Morgan fingerprint density at radius 2 is 2.00 bits per heavy atom. The average Bonchev–Trinajstić information content (AvgIpc) is 2.52. The Morgan fingerprint density at radius 1 is 1.27 bits per heavy atom. The third-order valence-corrected chi connectivity index (χ3v) is 3.49. The molecule has 0 aromatic heterocycles. The highest BCUT2D eigenvalue weighted by Crippen LogP contribution is 2.31. The average molecular weight is 326 g/mol. The number of allylic oxidation sites excluding steroid dienone is 1. The van der Waals surface area contributed by atoms with Gasteiger partial charge in [-0.25, -0.2) is 0 Å². The SMILES string of the molecule is COc1cccc(CN(CCC=C(C)C)C(=O)CCl)c1OC. The number of methoxy groups -OCH3 is 2. The lowest BCUT2D eigenvalue weighted by Crippen LogP contribution is -2.32. The summed E-state index contributed by atoms with van der Waals surface area (Å²) in [5.74, 6) is 1.19. The molecule has 0 spiro atoms. The summed E-state index contributed by atoms with van der Waals surface area (Å²) in [5.41, 5.74) is 2.13. The maximum atomic E-state index is 12.0. The highest BCUT2D eigenvalue weighted by molar-refractivity contribution is 6.27. The molecule has 1 aromatic carbocycles. The van der Waals surface area contributed by atoms with Crippen LogP contribution in [0.1, 0.15) is 25.8 Å². The zero-order valence-electron chi connectivity index (χ0n) is 13.7. The van der Waals surface area contributed by atoms with Crippen LogP contribution in [0.25, 0.3) is 0 Å². The van der Waals surface area contributed by atoms with E-state index >= 15 is 0 Å². The van der Waals surface area contributed by atoms with Crippen molar-refractivity contribution in [1.82, 2.24) is 4.90 Å². The standard InChI is InChI=1S/C17H24ClNO3/c1-13(2)7-6-10-19(16(20)11-18)12-14-8-5-9-15(21-3)17(14)22-4/h5,7-9H,6,10-12H2,1-4H3. The van der Waals surface area contributed by atoms with Crippen LogP contribution < -0.4 is 9.47 Å². The van der Waals surface area contributed by atoms with Gasteiger partial charge in [0.1, 0.15) is 5.88 Å². The maximum Gasteiger partial charge on any atom is 0.237 e. The number of carbonyl (C=O) groups excluding carboxylic acids is 1. The molecule has 0 aliphatic rings. The summed E-state index contributed by atoms with van der Waals surface area (Å²) in [5, 5.41) is 0. The molecular weight excluding hydrogens is 302 g/mol.